The summed E-state index contributed by atoms with van der Waals surface area (Å²) in [4.78, 5) is 20.3. The molecular weight excluding hydrogens is 296 g/mol. The second kappa shape index (κ2) is 5.03. The number of hydrogen-bond acceptors (Lipinski definition) is 4. The minimum atomic E-state index is -0.268. The fourth-order valence-electron chi connectivity index (χ4n) is 2.08. The van der Waals surface area contributed by atoms with Gasteiger partial charge in [-0.1, -0.05) is 6.92 Å². The van der Waals surface area contributed by atoms with Gasteiger partial charge < -0.3 is 4.98 Å². The number of alkyl halides is 1. The Kier molecular flexibility index (Phi) is 3.35. The first-order chi connectivity index (χ1) is 9.60. The molecule has 0 aliphatic heterocycles. The van der Waals surface area contributed by atoms with Gasteiger partial charge in [-0.25, -0.2) is 4.98 Å². The molecule has 0 aliphatic carbocycles. The van der Waals surface area contributed by atoms with Gasteiger partial charge in [0.1, 0.15) is 10.7 Å². The fraction of sp³-hybridized carbons (Fsp3) is 0.308. The number of hydrogen-bond donors (Lipinski definition) is 1. The lowest BCUT2D eigenvalue weighted by atomic mass is 10.1. The van der Waals surface area contributed by atoms with E-state index in [0.717, 1.165) is 17.5 Å². The summed E-state index contributed by atoms with van der Waals surface area (Å²) in [6, 6.07) is 0. The van der Waals surface area contributed by atoms with E-state index in [1.54, 1.807) is 10.9 Å². The Bertz CT molecular complexity index is 819. The van der Waals surface area contributed by atoms with Gasteiger partial charge in [-0.15, -0.1) is 22.9 Å². The van der Waals surface area contributed by atoms with Crippen molar-refractivity contribution in [1.29, 1.82) is 0 Å². The monoisotopic (exact) mass is 308 g/mol. The minimum absolute atomic E-state index is 0.149. The van der Waals surface area contributed by atoms with Crippen molar-refractivity contribution < 1.29 is 0 Å². The molecule has 0 spiro atoms. The molecule has 1 atom stereocenters. The Hall–Kier alpha value is -1.66. The normalized spacial score (nSPS) is 12.9. The van der Waals surface area contributed by atoms with Gasteiger partial charge in [-0.2, -0.15) is 5.10 Å². The van der Waals surface area contributed by atoms with Crippen molar-refractivity contribution in [2.75, 3.05) is 0 Å². The van der Waals surface area contributed by atoms with Crippen LogP contribution in [-0.4, -0.2) is 19.7 Å². The number of nitrogens with zero attached hydrogens (tertiary/aromatic N) is 3. The van der Waals surface area contributed by atoms with Crippen LogP contribution in [0.2, 0.25) is 0 Å². The van der Waals surface area contributed by atoms with E-state index < -0.39 is 0 Å². The van der Waals surface area contributed by atoms with Crippen LogP contribution < -0.4 is 5.56 Å². The lowest BCUT2D eigenvalue weighted by Gasteiger charge is -2.05. The first-order valence-electron chi connectivity index (χ1n) is 6.24. The quantitative estimate of drug-likeness (QED) is 0.756. The number of H-pyrrole nitrogens is 1. The minimum Gasteiger partial charge on any atom is -0.309 e. The molecule has 0 aliphatic rings. The summed E-state index contributed by atoms with van der Waals surface area (Å²) in [5.74, 6) is 0.534. The molecule has 0 fully saturated rings. The molecule has 3 aromatic rings. The van der Waals surface area contributed by atoms with E-state index in [1.165, 1.54) is 11.3 Å². The molecule has 1 N–H and O–H groups in total. The molecule has 3 rings (SSSR count). The highest BCUT2D eigenvalue weighted by atomic mass is 35.5. The molecule has 20 heavy (non-hydrogen) atoms. The lowest BCUT2D eigenvalue weighted by Crippen LogP contribution is -2.12. The van der Waals surface area contributed by atoms with E-state index in [0.29, 0.717) is 16.0 Å². The highest BCUT2D eigenvalue weighted by Crippen LogP contribution is 2.31. The summed E-state index contributed by atoms with van der Waals surface area (Å²) in [5.41, 5.74) is 1.63. The number of aromatic amines is 1. The van der Waals surface area contributed by atoms with Crippen LogP contribution in [0.15, 0.2) is 22.6 Å². The third kappa shape index (κ3) is 2.14. The molecule has 3 aromatic heterocycles. The van der Waals surface area contributed by atoms with Crippen molar-refractivity contribution in [3.05, 3.63) is 34.0 Å². The molecule has 0 saturated carbocycles. The Morgan fingerprint density at radius 2 is 2.35 bits per heavy atom. The summed E-state index contributed by atoms with van der Waals surface area (Å²) in [7, 11) is 1.85. The predicted octanol–water partition coefficient (Wildman–Crippen LogP) is 3.08. The zero-order chi connectivity index (χ0) is 14.3. The molecule has 7 heteroatoms. The van der Waals surface area contributed by atoms with Gasteiger partial charge >= 0.3 is 0 Å². The van der Waals surface area contributed by atoms with E-state index >= 15 is 0 Å². The van der Waals surface area contributed by atoms with Crippen molar-refractivity contribution in [1.82, 2.24) is 19.7 Å². The SMILES string of the molecule is CCC(Cl)c1nc2scc(-c3cnn(C)c3)c2c(=O)[nH]1. The largest absolute Gasteiger partial charge is 0.309 e. The van der Waals surface area contributed by atoms with Crippen LogP contribution in [0, 0.1) is 0 Å². The van der Waals surface area contributed by atoms with Crippen LogP contribution in [-0.2, 0) is 7.05 Å². The number of halogens is 1. The lowest BCUT2D eigenvalue weighted by molar-refractivity contribution is 0.768. The van der Waals surface area contributed by atoms with Crippen LogP contribution in [0.25, 0.3) is 21.3 Å². The van der Waals surface area contributed by atoms with E-state index in [2.05, 4.69) is 15.1 Å². The van der Waals surface area contributed by atoms with Crippen molar-refractivity contribution in [3.8, 4) is 11.1 Å². The third-order valence-corrected chi connectivity index (χ3v) is 4.52. The molecule has 0 aromatic carbocycles. The van der Waals surface area contributed by atoms with Crippen molar-refractivity contribution in [2.24, 2.45) is 7.05 Å². The second-order valence-electron chi connectivity index (χ2n) is 4.56. The zero-order valence-electron chi connectivity index (χ0n) is 11.1. The van der Waals surface area contributed by atoms with E-state index in [1.807, 2.05) is 25.5 Å². The summed E-state index contributed by atoms with van der Waals surface area (Å²) >= 11 is 7.60. The molecule has 0 amide bonds. The van der Waals surface area contributed by atoms with Gasteiger partial charge in [0.25, 0.3) is 5.56 Å². The molecule has 104 valence electrons. The second-order valence-corrected chi connectivity index (χ2v) is 5.94. The number of aryl methyl sites for hydroxylation is 1. The standard InChI is InChI=1S/C13H13ClN4OS/c1-3-9(14)11-16-12(19)10-8(6-20-13(10)17-11)7-4-15-18(2)5-7/h4-6,9H,3H2,1-2H3,(H,16,17,19). The van der Waals surface area contributed by atoms with Gasteiger partial charge in [-0.3, -0.25) is 9.48 Å². The zero-order valence-corrected chi connectivity index (χ0v) is 12.6. The van der Waals surface area contributed by atoms with Crippen molar-refractivity contribution in [2.45, 2.75) is 18.7 Å². The molecule has 0 radical (unpaired) electrons. The average Bonchev–Trinajstić information content (AvgIpc) is 3.03. The summed E-state index contributed by atoms with van der Waals surface area (Å²) < 4.78 is 1.71. The Morgan fingerprint density at radius 1 is 1.55 bits per heavy atom. The van der Waals surface area contributed by atoms with Crippen LogP contribution in [0.3, 0.4) is 0 Å². The average molecular weight is 309 g/mol. The molecular formula is C13H13ClN4OS. The Morgan fingerprint density at radius 3 is 3.00 bits per heavy atom. The number of thiophene rings is 1. The maximum atomic E-state index is 12.3. The highest BCUT2D eigenvalue weighted by molar-refractivity contribution is 7.17. The van der Waals surface area contributed by atoms with Crippen molar-refractivity contribution in [3.63, 3.8) is 0 Å². The topological polar surface area (TPSA) is 63.6 Å². The van der Waals surface area contributed by atoms with E-state index in [-0.39, 0.29) is 10.9 Å². The molecule has 1 unspecified atom stereocenters. The maximum absolute atomic E-state index is 12.3. The molecule has 0 bridgehead atoms. The van der Waals surface area contributed by atoms with Gasteiger partial charge in [0.15, 0.2) is 0 Å². The maximum Gasteiger partial charge on any atom is 0.260 e. The van der Waals surface area contributed by atoms with Crippen LogP contribution in [0.4, 0.5) is 0 Å². The smallest absolute Gasteiger partial charge is 0.260 e. The number of fused-ring (bicyclic) bond motifs is 1. The van der Waals surface area contributed by atoms with Gasteiger partial charge in [-0.05, 0) is 6.42 Å². The van der Waals surface area contributed by atoms with E-state index in [9.17, 15) is 4.79 Å². The fourth-order valence-corrected chi connectivity index (χ4v) is 3.14. The Balaban J connectivity index is 2.21. The van der Waals surface area contributed by atoms with Gasteiger partial charge in [0, 0.05) is 29.8 Å². The number of nitrogens with one attached hydrogen (secondary N) is 1. The van der Waals surface area contributed by atoms with E-state index in [4.69, 9.17) is 11.6 Å². The summed E-state index contributed by atoms with van der Waals surface area (Å²) in [5, 5.41) is 6.40. The van der Waals surface area contributed by atoms with Crippen molar-refractivity contribution >= 4 is 33.2 Å². The third-order valence-electron chi connectivity index (χ3n) is 3.13. The van der Waals surface area contributed by atoms with Gasteiger partial charge in [0.05, 0.1) is 17.0 Å². The molecule has 0 saturated heterocycles. The molecule has 5 nitrogen and oxygen atoms in total. The summed E-state index contributed by atoms with van der Waals surface area (Å²) in [6.07, 6.45) is 4.34. The first kappa shape index (κ1) is 13.3. The molecule has 3 heterocycles. The Labute approximate surface area is 124 Å². The van der Waals surface area contributed by atoms with Crippen LogP contribution >= 0.6 is 22.9 Å². The predicted molar refractivity (Wildman–Crippen MR) is 81.3 cm³/mol. The number of aromatic nitrogens is 4. The number of rotatable bonds is 3. The van der Waals surface area contributed by atoms with Crippen LogP contribution in [0.5, 0.6) is 0 Å². The van der Waals surface area contributed by atoms with Gasteiger partial charge in [0.2, 0.25) is 0 Å². The summed E-state index contributed by atoms with van der Waals surface area (Å²) in [6.45, 7) is 1.96. The first-order valence-corrected chi connectivity index (χ1v) is 7.56. The highest BCUT2D eigenvalue weighted by Gasteiger charge is 2.16. The van der Waals surface area contributed by atoms with Crippen LogP contribution in [0.1, 0.15) is 24.5 Å².